The maximum atomic E-state index is 13.5. The van der Waals surface area contributed by atoms with Crippen LogP contribution in [-0.2, 0) is 27.8 Å². The average Bonchev–Trinajstić information content (AvgIpc) is 3.30. The van der Waals surface area contributed by atoms with Crippen LogP contribution in [0.15, 0.2) is 76.6 Å². The molecule has 0 aliphatic carbocycles. The maximum Gasteiger partial charge on any atom is 0.279 e. The molecule has 9 nitrogen and oxygen atoms in total. The summed E-state index contributed by atoms with van der Waals surface area (Å²) < 4.78 is 47.7. The largest absolute Gasteiger partial charge is 0.493 e. The molecule has 3 aromatic carbocycles. The number of carbonyl (C=O) groups is 1. The maximum absolute atomic E-state index is 13.5. The monoisotopic (exact) mass is 597 g/mol. The Morgan fingerprint density at radius 1 is 1.00 bits per heavy atom. The highest BCUT2D eigenvalue weighted by Crippen LogP contribution is 2.33. The predicted octanol–water partition coefficient (Wildman–Crippen LogP) is 5.10. The molecule has 1 amide bonds. The lowest BCUT2D eigenvalue weighted by Gasteiger charge is -2.26. The zero-order chi connectivity index (χ0) is 29.6. The molecule has 0 saturated heterocycles. The second kappa shape index (κ2) is 13.4. The quantitative estimate of drug-likeness (QED) is 0.211. The summed E-state index contributed by atoms with van der Waals surface area (Å²) in [6.45, 7) is 7.35. The molecule has 1 heterocycles. The van der Waals surface area contributed by atoms with Gasteiger partial charge in [-0.05, 0) is 50.6 Å². The summed E-state index contributed by atoms with van der Waals surface area (Å²) in [5.74, 6) is 0.672. The van der Waals surface area contributed by atoms with E-state index < -0.39 is 15.9 Å². The highest BCUT2D eigenvalue weighted by molar-refractivity contribution is 7.89. The number of amides is 1. The number of hydrogen-bond acceptors (Lipinski definition) is 7. The van der Waals surface area contributed by atoms with Crippen molar-refractivity contribution in [3.05, 3.63) is 82.7 Å². The van der Waals surface area contributed by atoms with Gasteiger partial charge in [0.05, 0.1) is 35.9 Å². The van der Waals surface area contributed by atoms with Crippen LogP contribution in [0.25, 0.3) is 10.2 Å². The molecule has 218 valence electrons. The molecule has 0 fully saturated rings. The van der Waals surface area contributed by atoms with Crippen molar-refractivity contribution in [2.45, 2.75) is 44.8 Å². The van der Waals surface area contributed by atoms with Gasteiger partial charge in [-0.25, -0.2) is 8.42 Å². The van der Waals surface area contributed by atoms with Crippen molar-refractivity contribution in [3.63, 3.8) is 0 Å². The minimum atomic E-state index is -3.80. The molecular weight excluding hydrogens is 562 g/mol. The Morgan fingerprint density at radius 3 is 2.27 bits per heavy atom. The molecule has 1 aromatic heterocycles. The number of benzene rings is 3. The minimum absolute atomic E-state index is 0.117. The van der Waals surface area contributed by atoms with Crippen LogP contribution in [0.2, 0.25) is 0 Å². The zero-order valence-corrected chi connectivity index (χ0v) is 25.5. The van der Waals surface area contributed by atoms with E-state index in [2.05, 4.69) is 4.99 Å². The number of fused-ring (bicyclic) bond motifs is 1. The standard InChI is InChI=1S/C30H35N3O6S2/c1-6-39-17-16-32-25-18-26(37-4)27(38-5)19-28(25)40-30(32)31-29(34)23-12-14-24(15-13-23)41(35,36)33(21(2)3)20-22-10-8-7-9-11-22/h7-15,18-19,21H,6,16-17,20H2,1-5H3. The number of methoxy groups -OCH3 is 2. The summed E-state index contributed by atoms with van der Waals surface area (Å²) in [5, 5.41) is 0. The smallest absolute Gasteiger partial charge is 0.279 e. The van der Waals surface area contributed by atoms with Crippen molar-refractivity contribution in [3.8, 4) is 11.5 Å². The van der Waals surface area contributed by atoms with Crippen LogP contribution in [0.3, 0.4) is 0 Å². The van der Waals surface area contributed by atoms with Gasteiger partial charge in [-0.1, -0.05) is 41.7 Å². The molecule has 0 spiro atoms. The molecule has 0 saturated carbocycles. The van der Waals surface area contributed by atoms with E-state index in [1.807, 2.05) is 67.8 Å². The van der Waals surface area contributed by atoms with E-state index >= 15 is 0 Å². The van der Waals surface area contributed by atoms with Crippen molar-refractivity contribution in [1.82, 2.24) is 8.87 Å². The lowest BCUT2D eigenvalue weighted by atomic mass is 10.2. The molecule has 0 N–H and O–H groups in total. The Bertz CT molecular complexity index is 1660. The first kappa shape index (κ1) is 30.4. The van der Waals surface area contributed by atoms with Crippen molar-refractivity contribution in [2.24, 2.45) is 4.99 Å². The number of aromatic nitrogens is 1. The van der Waals surface area contributed by atoms with Gasteiger partial charge < -0.3 is 18.8 Å². The van der Waals surface area contributed by atoms with Crippen LogP contribution in [0.5, 0.6) is 11.5 Å². The molecule has 4 rings (SSSR count). The summed E-state index contributed by atoms with van der Waals surface area (Å²) in [6, 6.07) is 18.8. The topological polar surface area (TPSA) is 99.4 Å². The zero-order valence-electron chi connectivity index (χ0n) is 23.9. The lowest BCUT2D eigenvalue weighted by molar-refractivity contribution is 0.0996. The fraction of sp³-hybridized carbons (Fsp3) is 0.333. The number of rotatable bonds is 12. The predicted molar refractivity (Wildman–Crippen MR) is 160 cm³/mol. The van der Waals surface area contributed by atoms with Gasteiger partial charge in [0, 0.05) is 43.4 Å². The number of carbonyl (C=O) groups excluding carboxylic acids is 1. The molecule has 0 aliphatic rings. The summed E-state index contributed by atoms with van der Waals surface area (Å²) in [7, 11) is -0.657. The van der Waals surface area contributed by atoms with Crippen LogP contribution in [0.1, 0.15) is 36.7 Å². The number of nitrogens with zero attached hydrogens (tertiary/aromatic N) is 3. The van der Waals surface area contributed by atoms with Gasteiger partial charge in [0.2, 0.25) is 10.0 Å². The SMILES string of the molecule is CCOCCn1c(=NC(=O)c2ccc(S(=O)(=O)N(Cc3ccccc3)C(C)C)cc2)sc2cc(OC)c(OC)cc21. The summed E-state index contributed by atoms with van der Waals surface area (Å²) in [6.07, 6.45) is 0. The van der Waals surface area contributed by atoms with Gasteiger partial charge in [-0.2, -0.15) is 9.30 Å². The third-order valence-corrected chi connectivity index (χ3v) is 9.59. The van der Waals surface area contributed by atoms with Gasteiger partial charge in [0.1, 0.15) is 0 Å². The molecule has 0 atom stereocenters. The molecule has 0 unspecified atom stereocenters. The van der Waals surface area contributed by atoms with Crippen LogP contribution in [-0.4, -0.2) is 56.7 Å². The van der Waals surface area contributed by atoms with Gasteiger partial charge in [-0.3, -0.25) is 4.79 Å². The van der Waals surface area contributed by atoms with Gasteiger partial charge in [0.15, 0.2) is 16.3 Å². The minimum Gasteiger partial charge on any atom is -0.493 e. The second-order valence-electron chi connectivity index (χ2n) is 9.48. The van der Waals surface area contributed by atoms with E-state index in [0.717, 1.165) is 15.8 Å². The molecule has 0 aliphatic heterocycles. The molecular formula is C30H35N3O6S2. The van der Waals surface area contributed by atoms with Crippen molar-refractivity contribution >= 4 is 37.5 Å². The van der Waals surface area contributed by atoms with Crippen LogP contribution in [0.4, 0.5) is 0 Å². The normalized spacial score (nSPS) is 12.4. The van der Waals surface area contributed by atoms with E-state index in [9.17, 15) is 13.2 Å². The highest BCUT2D eigenvalue weighted by Gasteiger charge is 2.27. The van der Waals surface area contributed by atoms with E-state index in [4.69, 9.17) is 14.2 Å². The third-order valence-electron chi connectivity index (χ3n) is 6.51. The molecule has 41 heavy (non-hydrogen) atoms. The summed E-state index contributed by atoms with van der Waals surface area (Å²) in [5.41, 5.74) is 2.02. The van der Waals surface area contributed by atoms with E-state index in [1.54, 1.807) is 14.2 Å². The highest BCUT2D eigenvalue weighted by atomic mass is 32.2. The van der Waals surface area contributed by atoms with Gasteiger partial charge >= 0.3 is 0 Å². The molecule has 4 aromatic rings. The summed E-state index contributed by atoms with van der Waals surface area (Å²) >= 11 is 1.35. The first-order chi connectivity index (χ1) is 19.7. The third kappa shape index (κ3) is 6.87. The first-order valence-electron chi connectivity index (χ1n) is 13.3. The Balaban J connectivity index is 1.67. The van der Waals surface area contributed by atoms with Crippen molar-refractivity contribution in [1.29, 1.82) is 0 Å². The van der Waals surface area contributed by atoms with Gasteiger partial charge in [-0.15, -0.1) is 0 Å². The first-order valence-corrected chi connectivity index (χ1v) is 15.5. The fourth-order valence-electron chi connectivity index (χ4n) is 4.36. The fourth-order valence-corrected chi connectivity index (χ4v) is 7.05. The van der Waals surface area contributed by atoms with Crippen molar-refractivity contribution in [2.75, 3.05) is 27.4 Å². The molecule has 0 radical (unpaired) electrons. The molecule has 11 heteroatoms. The Hall–Kier alpha value is -3.51. The van der Waals surface area contributed by atoms with Gasteiger partial charge in [0.25, 0.3) is 5.91 Å². The number of thiazole rings is 1. The second-order valence-corrected chi connectivity index (χ2v) is 12.4. The molecule has 0 bridgehead atoms. The van der Waals surface area contributed by atoms with Crippen LogP contribution >= 0.6 is 11.3 Å². The average molecular weight is 598 g/mol. The number of ether oxygens (including phenoxy) is 3. The van der Waals surface area contributed by atoms with E-state index in [0.29, 0.717) is 36.1 Å². The van der Waals surface area contributed by atoms with Crippen LogP contribution in [0, 0.1) is 0 Å². The number of hydrogen-bond donors (Lipinski definition) is 0. The Labute approximate surface area is 244 Å². The summed E-state index contributed by atoms with van der Waals surface area (Å²) in [4.78, 5) is 18.3. The van der Waals surface area contributed by atoms with E-state index in [1.165, 1.54) is 39.9 Å². The lowest BCUT2D eigenvalue weighted by Crippen LogP contribution is -2.36. The van der Waals surface area contributed by atoms with Crippen molar-refractivity contribution < 1.29 is 27.4 Å². The Morgan fingerprint density at radius 2 is 1.66 bits per heavy atom. The van der Waals surface area contributed by atoms with Crippen LogP contribution < -0.4 is 14.3 Å². The Kier molecular flexibility index (Phi) is 9.98. The van der Waals surface area contributed by atoms with E-state index in [-0.39, 0.29) is 23.0 Å². The number of sulfonamides is 1.